The summed E-state index contributed by atoms with van der Waals surface area (Å²) in [7, 11) is 0. The summed E-state index contributed by atoms with van der Waals surface area (Å²) in [6, 6.07) is 4.32. The Morgan fingerprint density at radius 2 is 2.22 bits per heavy atom. The Balaban J connectivity index is 1.77. The number of hydrogen-bond acceptors (Lipinski definition) is 4. The van der Waals surface area contributed by atoms with Gasteiger partial charge in [-0.2, -0.15) is 0 Å². The molecule has 0 saturated carbocycles. The third-order valence-electron chi connectivity index (χ3n) is 3.12. The lowest BCUT2D eigenvalue weighted by atomic mass is 10.1. The van der Waals surface area contributed by atoms with E-state index in [2.05, 4.69) is 5.32 Å². The molecule has 1 aromatic carbocycles. The molecule has 1 unspecified atom stereocenters. The van der Waals surface area contributed by atoms with E-state index in [0.29, 0.717) is 19.4 Å². The molecule has 2 heterocycles. The molecule has 1 atom stereocenters. The van der Waals surface area contributed by atoms with Crippen molar-refractivity contribution < 1.29 is 14.0 Å². The largest absolute Gasteiger partial charge is 0.295 e. The van der Waals surface area contributed by atoms with Crippen molar-refractivity contribution in [1.29, 1.82) is 0 Å². The van der Waals surface area contributed by atoms with Gasteiger partial charge in [-0.25, -0.2) is 8.70 Å². The van der Waals surface area contributed by atoms with Crippen molar-refractivity contribution in [2.75, 3.05) is 0 Å². The highest BCUT2D eigenvalue weighted by Gasteiger charge is 2.35. The fourth-order valence-electron chi connectivity index (χ4n) is 2.22. The minimum atomic E-state index is -0.317. The fraction of sp³-hybridized carbons (Fsp3) is 0.333. The third kappa shape index (κ3) is 2.02. The monoisotopic (exact) mass is 266 g/mol. The van der Waals surface area contributed by atoms with Crippen molar-refractivity contribution in [3.05, 3.63) is 29.6 Å². The molecule has 0 bridgehead atoms. The highest BCUT2D eigenvalue weighted by molar-refractivity contribution is 7.97. The van der Waals surface area contributed by atoms with Crippen LogP contribution in [0.3, 0.4) is 0 Å². The van der Waals surface area contributed by atoms with Gasteiger partial charge >= 0.3 is 0 Å². The van der Waals surface area contributed by atoms with E-state index in [0.717, 1.165) is 10.5 Å². The maximum Gasteiger partial charge on any atom is 0.244 e. The van der Waals surface area contributed by atoms with Crippen molar-refractivity contribution in [2.24, 2.45) is 0 Å². The molecule has 1 fully saturated rings. The van der Waals surface area contributed by atoms with Gasteiger partial charge in [0.25, 0.3) is 0 Å². The molecule has 2 aliphatic rings. The van der Waals surface area contributed by atoms with Crippen LogP contribution in [0, 0.1) is 5.82 Å². The highest BCUT2D eigenvalue weighted by Crippen LogP contribution is 2.38. The molecule has 1 aromatic rings. The van der Waals surface area contributed by atoms with Crippen LogP contribution in [0.5, 0.6) is 0 Å². The van der Waals surface area contributed by atoms with E-state index in [1.165, 1.54) is 24.1 Å². The SMILES string of the molecule is O=C1CCC(N2Cc3cc(F)ccc3S2)C(=O)N1. The van der Waals surface area contributed by atoms with Crippen molar-refractivity contribution in [3.63, 3.8) is 0 Å². The maximum atomic E-state index is 13.1. The smallest absolute Gasteiger partial charge is 0.244 e. The van der Waals surface area contributed by atoms with Crippen molar-refractivity contribution >= 4 is 23.8 Å². The van der Waals surface area contributed by atoms with Gasteiger partial charge in [0.2, 0.25) is 11.8 Å². The lowest BCUT2D eigenvalue weighted by molar-refractivity contribution is -0.136. The van der Waals surface area contributed by atoms with Crippen LogP contribution in [0.2, 0.25) is 0 Å². The van der Waals surface area contributed by atoms with E-state index in [-0.39, 0.29) is 23.7 Å². The summed E-state index contributed by atoms with van der Waals surface area (Å²) in [5, 5.41) is 2.34. The highest BCUT2D eigenvalue weighted by atomic mass is 32.2. The van der Waals surface area contributed by atoms with Crippen LogP contribution in [0.4, 0.5) is 4.39 Å². The molecular formula is C12H11FN2O2S. The minimum absolute atomic E-state index is 0.219. The molecule has 1 saturated heterocycles. The number of fused-ring (bicyclic) bond motifs is 1. The Hall–Kier alpha value is -1.40. The number of halogens is 1. The molecule has 6 heteroatoms. The predicted molar refractivity (Wildman–Crippen MR) is 64.0 cm³/mol. The van der Waals surface area contributed by atoms with Crippen LogP contribution < -0.4 is 5.32 Å². The summed E-state index contributed by atoms with van der Waals surface area (Å²) >= 11 is 1.45. The summed E-state index contributed by atoms with van der Waals surface area (Å²) in [5.74, 6) is -0.740. The van der Waals surface area contributed by atoms with E-state index in [1.807, 2.05) is 4.31 Å². The molecule has 3 rings (SSSR count). The molecule has 2 amide bonds. The lowest BCUT2D eigenvalue weighted by Crippen LogP contribution is -2.49. The average Bonchev–Trinajstić information content (AvgIpc) is 2.71. The first-order chi connectivity index (χ1) is 8.63. The number of imide groups is 1. The van der Waals surface area contributed by atoms with Crippen LogP contribution in [0.15, 0.2) is 23.1 Å². The number of amides is 2. The number of carbonyl (C=O) groups is 2. The standard InChI is InChI=1S/C12H11FN2O2S/c13-8-1-3-10-7(5-8)6-15(18-10)9-2-4-11(16)14-12(9)17/h1,3,5,9H,2,4,6H2,(H,14,16,17). The Bertz CT molecular complexity index is 535. The van der Waals surface area contributed by atoms with Gasteiger partial charge in [0.05, 0.1) is 0 Å². The van der Waals surface area contributed by atoms with E-state index in [1.54, 1.807) is 6.07 Å². The van der Waals surface area contributed by atoms with Gasteiger partial charge in [0, 0.05) is 17.9 Å². The quantitative estimate of drug-likeness (QED) is 0.617. The molecule has 18 heavy (non-hydrogen) atoms. The van der Waals surface area contributed by atoms with Crippen molar-refractivity contribution in [1.82, 2.24) is 9.62 Å². The van der Waals surface area contributed by atoms with Crippen LogP contribution >= 0.6 is 11.9 Å². The maximum absolute atomic E-state index is 13.1. The number of benzene rings is 1. The zero-order chi connectivity index (χ0) is 12.7. The summed E-state index contributed by atoms with van der Waals surface area (Å²) in [5.41, 5.74) is 0.893. The predicted octanol–water partition coefficient (Wildman–Crippen LogP) is 1.45. The van der Waals surface area contributed by atoms with Crippen LogP contribution in [0.25, 0.3) is 0 Å². The summed E-state index contributed by atoms with van der Waals surface area (Å²) in [4.78, 5) is 23.8. The molecule has 2 aliphatic heterocycles. The lowest BCUT2D eigenvalue weighted by Gasteiger charge is -2.27. The number of piperidine rings is 1. The topological polar surface area (TPSA) is 49.4 Å². The third-order valence-corrected chi connectivity index (χ3v) is 4.34. The summed E-state index contributed by atoms with van der Waals surface area (Å²) in [6.45, 7) is 0.532. The average molecular weight is 266 g/mol. The molecule has 0 radical (unpaired) electrons. The van der Waals surface area contributed by atoms with Gasteiger partial charge in [-0.15, -0.1) is 0 Å². The number of hydrogen-bond donors (Lipinski definition) is 1. The van der Waals surface area contributed by atoms with E-state index >= 15 is 0 Å². The first-order valence-electron chi connectivity index (χ1n) is 5.70. The number of nitrogens with zero attached hydrogens (tertiary/aromatic N) is 1. The first-order valence-corrected chi connectivity index (χ1v) is 6.47. The van der Waals surface area contributed by atoms with E-state index in [4.69, 9.17) is 0 Å². The second kappa shape index (κ2) is 4.37. The minimum Gasteiger partial charge on any atom is -0.295 e. The Morgan fingerprint density at radius 1 is 1.39 bits per heavy atom. The van der Waals surface area contributed by atoms with E-state index < -0.39 is 0 Å². The van der Waals surface area contributed by atoms with Gasteiger partial charge in [-0.1, -0.05) is 0 Å². The molecule has 1 N–H and O–H groups in total. The molecule has 0 aliphatic carbocycles. The molecule has 94 valence electrons. The normalized spacial score (nSPS) is 23.9. The summed E-state index contributed by atoms with van der Waals surface area (Å²) < 4.78 is 15.0. The number of rotatable bonds is 1. The van der Waals surface area contributed by atoms with Gasteiger partial charge in [-0.3, -0.25) is 14.9 Å². The van der Waals surface area contributed by atoms with Gasteiger partial charge < -0.3 is 0 Å². The molecule has 4 nitrogen and oxygen atoms in total. The fourth-order valence-corrected chi connectivity index (χ4v) is 3.37. The second-order valence-electron chi connectivity index (χ2n) is 4.39. The molecular weight excluding hydrogens is 255 g/mol. The Kier molecular flexibility index (Phi) is 2.83. The number of nitrogens with one attached hydrogen (secondary N) is 1. The van der Waals surface area contributed by atoms with Crippen LogP contribution in [-0.4, -0.2) is 22.2 Å². The molecule has 0 aromatic heterocycles. The van der Waals surface area contributed by atoms with Gasteiger partial charge in [-0.05, 0) is 42.1 Å². The Morgan fingerprint density at radius 3 is 3.00 bits per heavy atom. The van der Waals surface area contributed by atoms with Crippen LogP contribution in [0.1, 0.15) is 18.4 Å². The second-order valence-corrected chi connectivity index (χ2v) is 5.48. The van der Waals surface area contributed by atoms with Gasteiger partial charge in [0.15, 0.2) is 0 Å². The zero-order valence-electron chi connectivity index (χ0n) is 9.48. The summed E-state index contributed by atoms with van der Waals surface area (Å²) in [6.07, 6.45) is 0.881. The van der Waals surface area contributed by atoms with Crippen molar-refractivity contribution in [3.8, 4) is 0 Å². The van der Waals surface area contributed by atoms with E-state index in [9.17, 15) is 14.0 Å². The van der Waals surface area contributed by atoms with Crippen LogP contribution in [-0.2, 0) is 16.1 Å². The zero-order valence-corrected chi connectivity index (χ0v) is 10.3. The molecule has 0 spiro atoms. The Labute approximate surface area is 108 Å². The van der Waals surface area contributed by atoms with Gasteiger partial charge in [0.1, 0.15) is 11.9 Å². The van der Waals surface area contributed by atoms with Crippen molar-refractivity contribution in [2.45, 2.75) is 30.3 Å². The first kappa shape index (κ1) is 11.7. The number of carbonyl (C=O) groups excluding carboxylic acids is 2.